The minimum Gasteiger partial charge on any atom is -0.455 e. The highest BCUT2D eigenvalue weighted by atomic mass is 16.5. The lowest BCUT2D eigenvalue weighted by Gasteiger charge is -2.11. The van der Waals surface area contributed by atoms with E-state index < -0.39 is 6.61 Å². The highest BCUT2D eigenvalue weighted by Crippen LogP contribution is 2.19. The van der Waals surface area contributed by atoms with Gasteiger partial charge in [-0.1, -0.05) is 31.9 Å². The maximum Gasteiger partial charge on any atom is 0.238 e. The molecule has 0 bridgehead atoms. The molecule has 0 atom stereocenters. The third kappa shape index (κ3) is 3.23. The fraction of sp³-hybridized carbons (Fsp3) is 0.500. The standard InChI is InChI=1S/C14H19N2O2/c1-2-3-4-5-12-6-8-13(9-7-12)16-11-18-14(10-17)15-16/h6-9H,2-5,10-11H2,1H3. The topological polar surface area (TPSA) is 44.7 Å². The van der Waals surface area contributed by atoms with Gasteiger partial charge in [0, 0.05) is 0 Å². The van der Waals surface area contributed by atoms with Crippen LogP contribution in [0, 0.1) is 0 Å². The van der Waals surface area contributed by atoms with Crippen LogP contribution in [0.1, 0.15) is 31.7 Å². The second-order valence-corrected chi connectivity index (χ2v) is 4.43. The van der Waals surface area contributed by atoms with Crippen LogP contribution in [0.25, 0.3) is 0 Å². The number of hydrogen-bond acceptors (Lipinski definition) is 3. The van der Waals surface area contributed by atoms with Crippen LogP contribution in [-0.4, -0.2) is 19.2 Å². The van der Waals surface area contributed by atoms with Crippen LogP contribution in [0.4, 0.5) is 5.69 Å². The van der Waals surface area contributed by atoms with Crippen molar-refractivity contribution < 1.29 is 9.84 Å². The molecule has 0 N–H and O–H groups in total. The van der Waals surface area contributed by atoms with Crippen molar-refractivity contribution in [1.82, 2.24) is 0 Å². The van der Waals surface area contributed by atoms with Gasteiger partial charge in [0.2, 0.25) is 5.90 Å². The predicted octanol–water partition coefficient (Wildman–Crippen LogP) is 2.96. The van der Waals surface area contributed by atoms with E-state index in [1.54, 1.807) is 5.01 Å². The number of hydrazone groups is 1. The number of benzene rings is 1. The molecule has 0 saturated heterocycles. The smallest absolute Gasteiger partial charge is 0.238 e. The Labute approximate surface area is 108 Å². The molecule has 1 aromatic carbocycles. The Kier molecular flexibility index (Phi) is 4.59. The van der Waals surface area contributed by atoms with Gasteiger partial charge in [-0.15, -0.1) is 5.10 Å². The fourth-order valence-electron chi connectivity index (χ4n) is 1.94. The Morgan fingerprint density at radius 1 is 1.28 bits per heavy atom. The number of aryl methyl sites for hydroxylation is 1. The first-order valence-electron chi connectivity index (χ1n) is 6.48. The fourth-order valence-corrected chi connectivity index (χ4v) is 1.94. The summed E-state index contributed by atoms with van der Waals surface area (Å²) in [6.07, 6.45) is 4.88. The maximum absolute atomic E-state index is 10.6. The molecular formula is C14H19N2O2. The number of hydrogen-bond donors (Lipinski definition) is 0. The van der Waals surface area contributed by atoms with Crippen molar-refractivity contribution in [2.24, 2.45) is 5.10 Å². The Hall–Kier alpha value is -1.55. The summed E-state index contributed by atoms with van der Waals surface area (Å²) in [6, 6.07) is 8.30. The minimum atomic E-state index is -0.397. The van der Waals surface area contributed by atoms with Crippen molar-refractivity contribution >= 4 is 11.6 Å². The first-order chi connectivity index (χ1) is 8.83. The maximum atomic E-state index is 10.6. The molecule has 1 heterocycles. The number of nitrogens with zero attached hydrogens (tertiary/aromatic N) is 2. The van der Waals surface area contributed by atoms with Crippen molar-refractivity contribution in [3.63, 3.8) is 0 Å². The van der Waals surface area contributed by atoms with Gasteiger partial charge in [0.15, 0.2) is 13.3 Å². The van der Waals surface area contributed by atoms with E-state index in [9.17, 15) is 5.11 Å². The second-order valence-electron chi connectivity index (χ2n) is 4.43. The zero-order valence-corrected chi connectivity index (χ0v) is 10.8. The summed E-state index contributed by atoms with van der Waals surface area (Å²) in [7, 11) is 0. The predicted molar refractivity (Wildman–Crippen MR) is 71.1 cm³/mol. The summed E-state index contributed by atoms with van der Waals surface area (Å²) >= 11 is 0. The van der Waals surface area contributed by atoms with Gasteiger partial charge in [0.05, 0.1) is 5.69 Å². The number of anilines is 1. The van der Waals surface area contributed by atoms with Gasteiger partial charge in [-0.25, -0.2) is 10.1 Å². The quantitative estimate of drug-likeness (QED) is 0.725. The first kappa shape index (κ1) is 12.9. The average molecular weight is 247 g/mol. The molecule has 2 rings (SSSR count). The van der Waals surface area contributed by atoms with Crippen LogP contribution in [0.3, 0.4) is 0 Å². The number of unbranched alkanes of at least 4 members (excludes halogenated alkanes) is 2. The third-order valence-corrected chi connectivity index (χ3v) is 3.01. The lowest BCUT2D eigenvalue weighted by Crippen LogP contribution is -2.12. The van der Waals surface area contributed by atoms with Crippen molar-refractivity contribution in [2.45, 2.75) is 32.6 Å². The molecule has 0 amide bonds. The Balaban J connectivity index is 1.93. The number of rotatable bonds is 6. The molecule has 0 aromatic heterocycles. The summed E-state index contributed by atoms with van der Waals surface area (Å²) in [6.45, 7) is 2.15. The molecule has 18 heavy (non-hydrogen) atoms. The largest absolute Gasteiger partial charge is 0.455 e. The summed E-state index contributed by atoms with van der Waals surface area (Å²) in [5.41, 5.74) is 2.32. The van der Waals surface area contributed by atoms with Crippen LogP contribution < -0.4 is 5.01 Å². The number of ether oxygens (including phenoxy) is 1. The molecule has 4 nitrogen and oxygen atoms in total. The van der Waals surface area contributed by atoms with E-state index in [2.05, 4.69) is 24.2 Å². The zero-order chi connectivity index (χ0) is 12.8. The van der Waals surface area contributed by atoms with Gasteiger partial charge in [-0.2, -0.15) is 0 Å². The van der Waals surface area contributed by atoms with Crippen molar-refractivity contribution in [2.75, 3.05) is 18.3 Å². The van der Waals surface area contributed by atoms with Crippen LogP contribution >= 0.6 is 0 Å². The molecule has 4 heteroatoms. The molecule has 97 valence electrons. The summed E-state index contributed by atoms with van der Waals surface area (Å²) in [4.78, 5) is 0. The molecular weight excluding hydrogens is 228 g/mol. The average Bonchev–Trinajstić information content (AvgIpc) is 2.89. The van der Waals surface area contributed by atoms with E-state index in [1.807, 2.05) is 12.1 Å². The monoisotopic (exact) mass is 247 g/mol. The third-order valence-electron chi connectivity index (χ3n) is 3.01. The Bertz CT molecular complexity index is 401. The van der Waals surface area contributed by atoms with Crippen LogP contribution in [-0.2, 0) is 16.3 Å². The summed E-state index contributed by atoms with van der Waals surface area (Å²) < 4.78 is 5.14. The first-order valence-corrected chi connectivity index (χ1v) is 6.48. The summed E-state index contributed by atoms with van der Waals surface area (Å²) in [5.74, 6) is 0.266. The van der Waals surface area contributed by atoms with E-state index in [0.717, 1.165) is 12.1 Å². The van der Waals surface area contributed by atoms with Crippen molar-refractivity contribution in [3.8, 4) is 0 Å². The molecule has 0 fully saturated rings. The van der Waals surface area contributed by atoms with Gasteiger partial charge in [-0.3, -0.25) is 0 Å². The Morgan fingerprint density at radius 3 is 2.67 bits per heavy atom. The van der Waals surface area contributed by atoms with Crippen LogP contribution in [0.5, 0.6) is 0 Å². The van der Waals surface area contributed by atoms with E-state index in [0.29, 0.717) is 6.73 Å². The SMILES string of the molecule is CCCCCc1ccc(N2COC(C[O])=N2)cc1. The van der Waals surface area contributed by atoms with Gasteiger partial charge in [0.1, 0.15) is 0 Å². The van der Waals surface area contributed by atoms with Gasteiger partial charge >= 0.3 is 0 Å². The normalized spacial score (nSPS) is 14.6. The second kappa shape index (κ2) is 6.40. The lowest BCUT2D eigenvalue weighted by molar-refractivity contribution is 0.211. The molecule has 1 aliphatic heterocycles. The summed E-state index contributed by atoms with van der Waals surface area (Å²) in [5, 5.41) is 16.4. The molecule has 1 radical (unpaired) electrons. The van der Waals surface area contributed by atoms with E-state index in [1.165, 1.54) is 24.8 Å². The van der Waals surface area contributed by atoms with Gasteiger partial charge < -0.3 is 4.74 Å². The highest BCUT2D eigenvalue weighted by Gasteiger charge is 2.16. The molecule has 1 aromatic rings. The molecule has 0 saturated carbocycles. The van der Waals surface area contributed by atoms with E-state index in [-0.39, 0.29) is 5.90 Å². The highest BCUT2D eigenvalue weighted by molar-refractivity contribution is 5.80. The van der Waals surface area contributed by atoms with Crippen molar-refractivity contribution in [3.05, 3.63) is 29.8 Å². The van der Waals surface area contributed by atoms with Crippen LogP contribution in [0.15, 0.2) is 29.4 Å². The van der Waals surface area contributed by atoms with Gasteiger partial charge in [0.25, 0.3) is 0 Å². The molecule has 1 aliphatic rings. The molecule has 0 unspecified atom stereocenters. The van der Waals surface area contributed by atoms with E-state index >= 15 is 0 Å². The molecule has 0 spiro atoms. The van der Waals surface area contributed by atoms with E-state index in [4.69, 9.17) is 4.74 Å². The van der Waals surface area contributed by atoms with Crippen molar-refractivity contribution in [1.29, 1.82) is 0 Å². The van der Waals surface area contributed by atoms with Crippen LogP contribution in [0.2, 0.25) is 0 Å². The Morgan fingerprint density at radius 2 is 2.06 bits per heavy atom. The zero-order valence-electron chi connectivity index (χ0n) is 10.8. The molecule has 0 aliphatic carbocycles. The minimum absolute atomic E-state index is 0.266. The van der Waals surface area contributed by atoms with Gasteiger partial charge in [-0.05, 0) is 30.5 Å². The lowest BCUT2D eigenvalue weighted by atomic mass is 10.1.